The SMILES string of the molecule is COc1ccc(-c2nc(C(=O)NNC(=O)CNc3ccc(C)cc3)cs2)cc1. The van der Waals surface area contributed by atoms with Crippen LogP contribution in [-0.2, 0) is 4.79 Å². The fourth-order valence-electron chi connectivity index (χ4n) is 2.33. The summed E-state index contributed by atoms with van der Waals surface area (Å²) in [6.07, 6.45) is 0. The van der Waals surface area contributed by atoms with Crippen LogP contribution >= 0.6 is 11.3 Å². The number of hydrazine groups is 1. The molecule has 3 rings (SSSR count). The number of amides is 2. The first kappa shape index (κ1) is 19.4. The van der Waals surface area contributed by atoms with E-state index >= 15 is 0 Å². The van der Waals surface area contributed by atoms with Crippen molar-refractivity contribution in [2.24, 2.45) is 0 Å². The number of carbonyl (C=O) groups is 2. The van der Waals surface area contributed by atoms with Gasteiger partial charge in [-0.2, -0.15) is 0 Å². The van der Waals surface area contributed by atoms with Gasteiger partial charge in [0.2, 0.25) is 0 Å². The number of aryl methyl sites for hydroxylation is 1. The number of anilines is 1. The Bertz CT molecular complexity index is 952. The number of nitrogens with zero attached hydrogens (tertiary/aromatic N) is 1. The van der Waals surface area contributed by atoms with Gasteiger partial charge in [0.1, 0.15) is 16.5 Å². The van der Waals surface area contributed by atoms with E-state index in [9.17, 15) is 9.59 Å². The highest BCUT2D eigenvalue weighted by Crippen LogP contribution is 2.25. The number of aromatic nitrogens is 1. The molecule has 0 spiro atoms. The zero-order valence-corrected chi connectivity index (χ0v) is 16.3. The molecule has 0 aliphatic heterocycles. The van der Waals surface area contributed by atoms with Crippen molar-refractivity contribution in [2.75, 3.05) is 19.0 Å². The van der Waals surface area contributed by atoms with E-state index in [1.54, 1.807) is 12.5 Å². The second-order valence-corrected chi connectivity index (χ2v) is 6.85. The highest BCUT2D eigenvalue weighted by atomic mass is 32.1. The lowest BCUT2D eigenvalue weighted by Crippen LogP contribution is -2.44. The monoisotopic (exact) mass is 396 g/mol. The summed E-state index contributed by atoms with van der Waals surface area (Å²) in [6.45, 7) is 2.03. The number of rotatable bonds is 6. The maximum Gasteiger partial charge on any atom is 0.289 e. The number of thiazole rings is 1. The lowest BCUT2D eigenvalue weighted by Gasteiger charge is -2.08. The molecule has 8 heteroatoms. The Morgan fingerprint density at radius 2 is 1.75 bits per heavy atom. The fourth-order valence-corrected chi connectivity index (χ4v) is 3.14. The molecule has 3 N–H and O–H groups in total. The van der Waals surface area contributed by atoms with Crippen molar-refractivity contribution in [3.05, 3.63) is 65.2 Å². The number of hydrogen-bond donors (Lipinski definition) is 3. The van der Waals surface area contributed by atoms with Gasteiger partial charge in [-0.05, 0) is 43.3 Å². The van der Waals surface area contributed by atoms with Gasteiger partial charge in [-0.25, -0.2) is 4.98 Å². The predicted molar refractivity (Wildman–Crippen MR) is 109 cm³/mol. The summed E-state index contributed by atoms with van der Waals surface area (Å²) in [5.74, 6) is -0.0838. The molecule has 1 aromatic heterocycles. The average molecular weight is 396 g/mol. The van der Waals surface area contributed by atoms with Crippen LogP contribution in [0.25, 0.3) is 10.6 Å². The summed E-state index contributed by atoms with van der Waals surface area (Å²) in [6, 6.07) is 15.1. The van der Waals surface area contributed by atoms with E-state index < -0.39 is 5.91 Å². The minimum absolute atomic E-state index is 0.0392. The first-order valence-corrected chi connectivity index (χ1v) is 9.43. The number of carbonyl (C=O) groups excluding carboxylic acids is 2. The minimum Gasteiger partial charge on any atom is -0.497 e. The number of nitrogens with one attached hydrogen (secondary N) is 3. The normalized spacial score (nSPS) is 10.2. The first-order valence-electron chi connectivity index (χ1n) is 8.55. The van der Waals surface area contributed by atoms with Gasteiger partial charge in [-0.3, -0.25) is 20.4 Å². The highest BCUT2D eigenvalue weighted by Gasteiger charge is 2.13. The zero-order valence-electron chi connectivity index (χ0n) is 15.5. The van der Waals surface area contributed by atoms with Crippen LogP contribution in [0.5, 0.6) is 5.75 Å². The van der Waals surface area contributed by atoms with Crippen LogP contribution in [0.4, 0.5) is 5.69 Å². The lowest BCUT2D eigenvalue weighted by molar-refractivity contribution is -0.120. The van der Waals surface area contributed by atoms with Gasteiger partial charge in [-0.15, -0.1) is 11.3 Å². The van der Waals surface area contributed by atoms with Crippen LogP contribution in [0.2, 0.25) is 0 Å². The van der Waals surface area contributed by atoms with Crippen LogP contribution in [0.3, 0.4) is 0 Å². The Kier molecular flexibility index (Phi) is 6.23. The highest BCUT2D eigenvalue weighted by molar-refractivity contribution is 7.13. The van der Waals surface area contributed by atoms with E-state index in [0.29, 0.717) is 5.01 Å². The van der Waals surface area contributed by atoms with Gasteiger partial charge >= 0.3 is 0 Å². The van der Waals surface area contributed by atoms with Crippen LogP contribution in [0, 0.1) is 6.92 Å². The number of ether oxygens (including phenoxy) is 1. The third-order valence-corrected chi connectivity index (χ3v) is 4.79. The van der Waals surface area contributed by atoms with E-state index in [-0.39, 0.29) is 18.1 Å². The summed E-state index contributed by atoms with van der Waals surface area (Å²) in [5, 5.41) is 5.34. The van der Waals surface area contributed by atoms with Crippen molar-refractivity contribution in [2.45, 2.75) is 6.92 Å². The quantitative estimate of drug-likeness (QED) is 0.557. The van der Waals surface area contributed by atoms with E-state index in [1.807, 2.05) is 55.5 Å². The fraction of sp³-hybridized carbons (Fsp3) is 0.150. The van der Waals surface area contributed by atoms with Gasteiger partial charge in [0.15, 0.2) is 0 Å². The van der Waals surface area contributed by atoms with E-state index in [0.717, 1.165) is 22.6 Å². The molecule has 0 atom stereocenters. The predicted octanol–water partition coefficient (Wildman–Crippen LogP) is 3.00. The molecular formula is C20H20N4O3S. The molecule has 0 aliphatic carbocycles. The zero-order chi connectivity index (χ0) is 19.9. The molecule has 2 amide bonds. The molecule has 0 unspecified atom stereocenters. The summed E-state index contributed by atoms with van der Waals surface area (Å²) < 4.78 is 5.13. The van der Waals surface area contributed by atoms with Crippen molar-refractivity contribution in [1.29, 1.82) is 0 Å². The minimum atomic E-state index is -0.473. The molecule has 2 aromatic carbocycles. The Morgan fingerprint density at radius 3 is 2.43 bits per heavy atom. The van der Waals surface area contributed by atoms with Gasteiger partial charge in [0.05, 0.1) is 13.7 Å². The molecule has 7 nitrogen and oxygen atoms in total. The molecule has 1 heterocycles. The Labute approximate surface area is 166 Å². The van der Waals surface area contributed by atoms with Gasteiger partial charge < -0.3 is 10.1 Å². The molecular weight excluding hydrogens is 376 g/mol. The van der Waals surface area contributed by atoms with Crippen molar-refractivity contribution >= 4 is 28.8 Å². The molecule has 0 bridgehead atoms. The summed E-state index contributed by atoms with van der Waals surface area (Å²) in [5.41, 5.74) is 7.84. The van der Waals surface area contributed by atoms with E-state index in [2.05, 4.69) is 21.2 Å². The Hall–Kier alpha value is -3.39. The molecule has 28 heavy (non-hydrogen) atoms. The van der Waals surface area contributed by atoms with E-state index in [4.69, 9.17) is 4.74 Å². The molecule has 0 radical (unpaired) electrons. The Balaban J connectivity index is 1.49. The summed E-state index contributed by atoms with van der Waals surface area (Å²) >= 11 is 1.35. The largest absolute Gasteiger partial charge is 0.497 e. The smallest absolute Gasteiger partial charge is 0.289 e. The van der Waals surface area contributed by atoms with Crippen molar-refractivity contribution in [3.8, 4) is 16.3 Å². The third kappa shape index (κ3) is 5.08. The first-order chi connectivity index (χ1) is 13.5. The van der Waals surface area contributed by atoms with E-state index in [1.165, 1.54) is 11.3 Å². The molecule has 3 aromatic rings. The summed E-state index contributed by atoms with van der Waals surface area (Å²) in [7, 11) is 1.60. The number of methoxy groups -OCH3 is 1. The number of benzene rings is 2. The van der Waals surface area contributed by atoms with Crippen LogP contribution in [0.15, 0.2) is 53.9 Å². The Morgan fingerprint density at radius 1 is 1.04 bits per heavy atom. The van der Waals surface area contributed by atoms with Crippen LogP contribution in [-0.4, -0.2) is 30.5 Å². The van der Waals surface area contributed by atoms with Crippen molar-refractivity contribution < 1.29 is 14.3 Å². The average Bonchev–Trinajstić information content (AvgIpc) is 3.22. The van der Waals surface area contributed by atoms with Gasteiger partial charge in [0.25, 0.3) is 11.8 Å². The molecule has 0 fully saturated rings. The van der Waals surface area contributed by atoms with Gasteiger partial charge in [-0.1, -0.05) is 17.7 Å². The topological polar surface area (TPSA) is 92.3 Å². The van der Waals surface area contributed by atoms with Gasteiger partial charge in [0, 0.05) is 16.6 Å². The standard InChI is InChI=1S/C20H20N4O3S/c1-13-3-7-15(8-4-13)21-11-18(25)23-24-19(26)17-12-28-20(22-17)14-5-9-16(27-2)10-6-14/h3-10,12,21H,11H2,1-2H3,(H,23,25)(H,24,26). The second-order valence-electron chi connectivity index (χ2n) is 5.99. The lowest BCUT2D eigenvalue weighted by atomic mass is 10.2. The maximum absolute atomic E-state index is 12.2. The molecule has 0 saturated carbocycles. The summed E-state index contributed by atoms with van der Waals surface area (Å²) in [4.78, 5) is 28.4. The van der Waals surface area contributed by atoms with Crippen LogP contribution < -0.4 is 20.9 Å². The van der Waals surface area contributed by atoms with Crippen LogP contribution in [0.1, 0.15) is 16.1 Å². The van der Waals surface area contributed by atoms with Crippen molar-refractivity contribution in [1.82, 2.24) is 15.8 Å². The molecule has 144 valence electrons. The maximum atomic E-state index is 12.2. The third-order valence-electron chi connectivity index (χ3n) is 3.89. The molecule has 0 aliphatic rings. The number of hydrogen-bond acceptors (Lipinski definition) is 6. The second kappa shape index (κ2) is 9.01. The molecule has 0 saturated heterocycles. The van der Waals surface area contributed by atoms with Crippen molar-refractivity contribution in [3.63, 3.8) is 0 Å².